The lowest BCUT2D eigenvalue weighted by Crippen LogP contribution is -2.45. The highest BCUT2D eigenvalue weighted by atomic mass is 35.5. The van der Waals surface area contributed by atoms with E-state index in [0.717, 1.165) is 5.56 Å². The first-order chi connectivity index (χ1) is 11.1. The molecule has 2 fully saturated rings. The minimum Gasteiger partial charge on any atom is -0.465 e. The van der Waals surface area contributed by atoms with Crippen LogP contribution in [0, 0.1) is 5.92 Å². The molecule has 1 aromatic carbocycles. The van der Waals surface area contributed by atoms with E-state index in [4.69, 9.17) is 21.1 Å². The Labute approximate surface area is 140 Å². The molecule has 23 heavy (non-hydrogen) atoms. The van der Waals surface area contributed by atoms with E-state index in [1.807, 2.05) is 37.3 Å². The van der Waals surface area contributed by atoms with Gasteiger partial charge >= 0.3 is 5.97 Å². The van der Waals surface area contributed by atoms with Crippen molar-refractivity contribution < 1.29 is 19.1 Å². The number of fused-ring (bicyclic) bond motifs is 1. The lowest BCUT2D eigenvalue weighted by molar-refractivity contribution is -0.159. The number of alkyl halides is 1. The maximum absolute atomic E-state index is 12.8. The van der Waals surface area contributed by atoms with Crippen LogP contribution in [0.2, 0.25) is 0 Å². The summed E-state index contributed by atoms with van der Waals surface area (Å²) < 4.78 is 11.1. The molecule has 0 radical (unpaired) electrons. The predicted octanol–water partition coefficient (Wildman–Crippen LogP) is 2.28. The fraction of sp³-hybridized carbons (Fsp3) is 0.529. The number of carbonyl (C=O) groups excluding carboxylic acids is 2. The van der Waals surface area contributed by atoms with Crippen LogP contribution in [0.4, 0.5) is 0 Å². The Kier molecular flexibility index (Phi) is 4.60. The molecular weight excluding hydrogens is 318 g/mol. The van der Waals surface area contributed by atoms with Crippen LogP contribution < -0.4 is 0 Å². The lowest BCUT2D eigenvalue weighted by Gasteiger charge is -2.34. The van der Waals surface area contributed by atoms with E-state index in [0.29, 0.717) is 25.3 Å². The Morgan fingerprint density at radius 3 is 2.87 bits per heavy atom. The van der Waals surface area contributed by atoms with Crippen LogP contribution in [0.25, 0.3) is 0 Å². The van der Waals surface area contributed by atoms with Crippen LogP contribution in [0.5, 0.6) is 0 Å². The van der Waals surface area contributed by atoms with Crippen molar-refractivity contribution >= 4 is 23.5 Å². The summed E-state index contributed by atoms with van der Waals surface area (Å²) in [6.07, 6.45) is 1.03. The molecule has 0 saturated carbocycles. The molecule has 2 aliphatic rings. The number of hydrogen-bond acceptors (Lipinski definition) is 4. The Balaban J connectivity index is 1.76. The van der Waals surface area contributed by atoms with Gasteiger partial charge in [0.25, 0.3) is 0 Å². The van der Waals surface area contributed by atoms with Crippen LogP contribution in [-0.2, 0) is 24.8 Å². The van der Waals surface area contributed by atoms with Gasteiger partial charge in [-0.2, -0.15) is 0 Å². The van der Waals surface area contributed by atoms with Gasteiger partial charge in [0.15, 0.2) is 5.72 Å². The first kappa shape index (κ1) is 16.3. The van der Waals surface area contributed by atoms with E-state index in [2.05, 4.69) is 0 Å². The van der Waals surface area contributed by atoms with E-state index < -0.39 is 17.6 Å². The first-order valence-corrected chi connectivity index (χ1v) is 8.36. The summed E-state index contributed by atoms with van der Waals surface area (Å²) in [5.74, 6) is -0.970. The summed E-state index contributed by atoms with van der Waals surface area (Å²) in [7, 11) is 0. The van der Waals surface area contributed by atoms with E-state index >= 15 is 0 Å². The SMILES string of the molecule is C[C@]1(c2ccccc2)OC[C@@H]2CC(C(=O)OCCCCl)C(=O)N21. The van der Waals surface area contributed by atoms with Crippen LogP contribution in [-0.4, -0.2) is 41.9 Å². The highest BCUT2D eigenvalue weighted by Crippen LogP contribution is 2.44. The number of halogens is 1. The summed E-state index contributed by atoms with van der Waals surface area (Å²) in [5.41, 5.74) is 0.0840. The van der Waals surface area contributed by atoms with Crippen molar-refractivity contribution in [2.75, 3.05) is 19.1 Å². The molecule has 0 aliphatic carbocycles. The zero-order chi connectivity index (χ0) is 16.4. The molecular formula is C17H20ClNO4. The molecule has 1 amide bonds. The van der Waals surface area contributed by atoms with Crippen LogP contribution in [0.3, 0.4) is 0 Å². The third-order valence-electron chi connectivity index (χ3n) is 4.54. The smallest absolute Gasteiger partial charge is 0.318 e. The second-order valence-electron chi connectivity index (χ2n) is 6.02. The average Bonchev–Trinajstić information content (AvgIpc) is 3.08. The fourth-order valence-corrected chi connectivity index (χ4v) is 3.46. The van der Waals surface area contributed by atoms with Crippen molar-refractivity contribution in [2.45, 2.75) is 31.5 Å². The van der Waals surface area contributed by atoms with Gasteiger partial charge in [0.1, 0.15) is 5.92 Å². The molecule has 2 saturated heterocycles. The van der Waals surface area contributed by atoms with Gasteiger partial charge in [0, 0.05) is 11.4 Å². The minimum absolute atomic E-state index is 0.0849. The molecule has 5 nitrogen and oxygen atoms in total. The van der Waals surface area contributed by atoms with Gasteiger partial charge < -0.3 is 14.4 Å². The number of carbonyl (C=O) groups is 2. The maximum Gasteiger partial charge on any atom is 0.318 e. The quantitative estimate of drug-likeness (QED) is 0.358. The van der Waals surface area contributed by atoms with Crippen molar-refractivity contribution in [3.05, 3.63) is 35.9 Å². The van der Waals surface area contributed by atoms with Crippen LogP contribution in [0.15, 0.2) is 30.3 Å². The second-order valence-corrected chi connectivity index (χ2v) is 6.40. The summed E-state index contributed by atoms with van der Waals surface area (Å²) >= 11 is 5.57. The Hall–Kier alpha value is -1.59. The molecule has 0 bridgehead atoms. The molecule has 3 rings (SSSR count). The molecule has 0 aromatic heterocycles. The zero-order valence-electron chi connectivity index (χ0n) is 13.0. The third-order valence-corrected chi connectivity index (χ3v) is 4.81. The topological polar surface area (TPSA) is 55.8 Å². The number of ether oxygens (including phenoxy) is 2. The van der Waals surface area contributed by atoms with Crippen molar-refractivity contribution in [3.8, 4) is 0 Å². The van der Waals surface area contributed by atoms with E-state index in [1.165, 1.54) is 0 Å². The number of hydrogen-bond donors (Lipinski definition) is 0. The number of rotatable bonds is 5. The lowest BCUT2D eigenvalue weighted by atomic mass is 10.0. The largest absolute Gasteiger partial charge is 0.465 e. The summed E-state index contributed by atoms with van der Waals surface area (Å²) in [5, 5.41) is 0. The van der Waals surface area contributed by atoms with E-state index in [-0.39, 0.29) is 18.6 Å². The number of benzene rings is 1. The van der Waals surface area contributed by atoms with Crippen molar-refractivity contribution in [1.29, 1.82) is 0 Å². The maximum atomic E-state index is 12.8. The molecule has 0 spiro atoms. The van der Waals surface area contributed by atoms with Crippen molar-refractivity contribution in [1.82, 2.24) is 4.90 Å². The summed E-state index contributed by atoms with van der Waals surface area (Å²) in [4.78, 5) is 26.6. The van der Waals surface area contributed by atoms with Gasteiger partial charge in [-0.15, -0.1) is 11.6 Å². The number of esters is 1. The van der Waals surface area contributed by atoms with Crippen LogP contribution >= 0.6 is 11.6 Å². The Bertz CT molecular complexity index is 594. The molecule has 0 N–H and O–H groups in total. The van der Waals surface area contributed by atoms with E-state index in [1.54, 1.807) is 4.90 Å². The monoisotopic (exact) mass is 337 g/mol. The predicted molar refractivity (Wildman–Crippen MR) is 84.8 cm³/mol. The van der Waals surface area contributed by atoms with Crippen LogP contribution in [0.1, 0.15) is 25.3 Å². The van der Waals surface area contributed by atoms with Gasteiger partial charge in [-0.1, -0.05) is 30.3 Å². The highest BCUT2D eigenvalue weighted by Gasteiger charge is 2.56. The molecule has 1 unspecified atom stereocenters. The van der Waals surface area contributed by atoms with Crippen molar-refractivity contribution in [3.63, 3.8) is 0 Å². The van der Waals surface area contributed by atoms with Gasteiger partial charge in [0.05, 0.1) is 19.3 Å². The molecule has 2 aliphatic heterocycles. The number of amides is 1. The van der Waals surface area contributed by atoms with Gasteiger partial charge in [0.2, 0.25) is 5.91 Å². The van der Waals surface area contributed by atoms with E-state index in [9.17, 15) is 9.59 Å². The second kappa shape index (κ2) is 6.49. The van der Waals surface area contributed by atoms with Gasteiger partial charge in [-0.25, -0.2) is 0 Å². The average molecular weight is 338 g/mol. The van der Waals surface area contributed by atoms with Gasteiger partial charge in [-0.3, -0.25) is 9.59 Å². The standard InChI is InChI=1S/C17H20ClNO4/c1-17(12-6-3-2-4-7-12)19-13(11-23-17)10-14(15(19)20)16(21)22-9-5-8-18/h2-4,6-7,13-14H,5,8-11H2,1H3/t13-,14?,17+/m0/s1. The highest BCUT2D eigenvalue weighted by molar-refractivity contribution is 6.17. The molecule has 3 atom stereocenters. The summed E-state index contributed by atoms with van der Waals surface area (Å²) in [6, 6.07) is 9.52. The Morgan fingerprint density at radius 2 is 2.17 bits per heavy atom. The zero-order valence-corrected chi connectivity index (χ0v) is 13.8. The normalized spacial score (nSPS) is 29.7. The third kappa shape index (κ3) is 2.83. The molecule has 124 valence electrons. The first-order valence-electron chi connectivity index (χ1n) is 7.83. The molecule has 6 heteroatoms. The fourth-order valence-electron chi connectivity index (χ4n) is 3.35. The minimum atomic E-state index is -0.825. The molecule has 2 heterocycles. The Morgan fingerprint density at radius 1 is 1.43 bits per heavy atom. The van der Waals surface area contributed by atoms with Crippen molar-refractivity contribution in [2.24, 2.45) is 5.92 Å². The summed E-state index contributed by atoms with van der Waals surface area (Å²) in [6.45, 7) is 2.56. The molecule has 1 aromatic rings. The van der Waals surface area contributed by atoms with Gasteiger partial charge in [-0.05, 0) is 19.8 Å². The number of nitrogens with zero attached hydrogens (tertiary/aromatic N) is 1.